The lowest BCUT2D eigenvalue weighted by Crippen LogP contribution is -2.02. The van der Waals surface area contributed by atoms with E-state index >= 15 is 0 Å². The lowest BCUT2D eigenvalue weighted by Gasteiger charge is -2.15. The van der Waals surface area contributed by atoms with E-state index in [4.69, 9.17) is 4.74 Å². The van der Waals surface area contributed by atoms with Gasteiger partial charge >= 0.3 is 0 Å². The Morgan fingerprint density at radius 3 is 2.67 bits per heavy atom. The Hall–Kier alpha value is -1.84. The monoisotopic (exact) mass is 248 g/mol. The first kappa shape index (κ1) is 12.6. The van der Waals surface area contributed by atoms with Crippen LogP contribution in [0.15, 0.2) is 12.1 Å². The van der Waals surface area contributed by atoms with Crippen LogP contribution in [0.2, 0.25) is 0 Å². The van der Waals surface area contributed by atoms with Crippen molar-refractivity contribution in [2.75, 3.05) is 19.5 Å². The normalized spacial score (nSPS) is 10.7. The zero-order chi connectivity index (χ0) is 13.3. The topological polar surface area (TPSA) is 34.1 Å². The number of fused-ring (bicyclic) bond motifs is 1. The van der Waals surface area contributed by atoms with Crippen LogP contribution in [-0.4, -0.2) is 19.1 Å². The number of nitrogens with zero attached hydrogens (tertiary/aromatic N) is 1. The van der Waals surface area contributed by atoms with E-state index in [1.807, 2.05) is 14.0 Å². The fourth-order valence-corrected chi connectivity index (χ4v) is 2.27. The number of nitrogens with one attached hydrogen (secondary N) is 1. The molecular weight excluding hydrogens is 231 g/mol. The Labute approximate surface area is 106 Å². The first-order valence-corrected chi connectivity index (χ1v) is 5.96. The third-order valence-electron chi connectivity index (χ3n) is 3.17. The van der Waals surface area contributed by atoms with Gasteiger partial charge in [0.1, 0.15) is 17.1 Å². The van der Waals surface area contributed by atoms with Gasteiger partial charge in [-0.05, 0) is 25.0 Å². The summed E-state index contributed by atoms with van der Waals surface area (Å²) in [5.74, 6) is 0.150. The Morgan fingerprint density at radius 2 is 2.11 bits per heavy atom. The van der Waals surface area contributed by atoms with Crippen molar-refractivity contribution in [3.63, 3.8) is 0 Å². The Balaban J connectivity index is 2.91. The van der Waals surface area contributed by atoms with Crippen molar-refractivity contribution in [1.29, 1.82) is 0 Å². The van der Waals surface area contributed by atoms with Gasteiger partial charge in [-0.2, -0.15) is 0 Å². The highest BCUT2D eigenvalue weighted by Gasteiger charge is 2.14. The van der Waals surface area contributed by atoms with E-state index in [1.54, 1.807) is 0 Å². The van der Waals surface area contributed by atoms with E-state index in [0.29, 0.717) is 11.3 Å². The minimum absolute atomic E-state index is 0.318. The lowest BCUT2D eigenvalue weighted by atomic mass is 10.0. The minimum Gasteiger partial charge on any atom is -0.494 e. The van der Waals surface area contributed by atoms with E-state index in [9.17, 15) is 4.39 Å². The van der Waals surface area contributed by atoms with Gasteiger partial charge in [0.05, 0.1) is 7.11 Å². The smallest absolute Gasteiger partial charge is 0.148 e. The summed E-state index contributed by atoms with van der Waals surface area (Å²) in [4.78, 5) is 4.58. The fraction of sp³-hybridized carbons (Fsp3) is 0.357. The molecule has 0 fully saturated rings. The second kappa shape index (κ2) is 4.80. The molecule has 0 aliphatic heterocycles. The zero-order valence-electron chi connectivity index (χ0n) is 11.1. The number of methoxy groups -OCH3 is 1. The van der Waals surface area contributed by atoms with Crippen LogP contribution in [0.5, 0.6) is 5.75 Å². The average Bonchev–Trinajstić information content (AvgIpc) is 2.37. The summed E-state index contributed by atoms with van der Waals surface area (Å²) in [6.45, 7) is 4.05. The molecule has 3 nitrogen and oxygen atoms in total. The second-order valence-corrected chi connectivity index (χ2v) is 4.17. The van der Waals surface area contributed by atoms with Crippen molar-refractivity contribution in [2.24, 2.45) is 0 Å². The second-order valence-electron chi connectivity index (χ2n) is 4.17. The van der Waals surface area contributed by atoms with Crippen molar-refractivity contribution >= 4 is 16.6 Å². The van der Waals surface area contributed by atoms with E-state index in [1.165, 1.54) is 19.2 Å². The minimum atomic E-state index is -0.318. The standard InChI is InChI=1S/C14H17FN2O/c1-5-11-8(2)13(16-3)10-6-9(15)7-12(18-4)14(10)17-11/h6-7H,5H2,1-4H3,(H,16,17). The number of ether oxygens (including phenoxy) is 1. The van der Waals surface area contributed by atoms with Gasteiger partial charge in [0, 0.05) is 29.9 Å². The molecule has 0 spiro atoms. The highest BCUT2D eigenvalue weighted by molar-refractivity contribution is 5.96. The molecule has 18 heavy (non-hydrogen) atoms. The molecule has 0 saturated carbocycles. The van der Waals surface area contributed by atoms with E-state index in [0.717, 1.165) is 28.8 Å². The van der Waals surface area contributed by atoms with Gasteiger partial charge in [-0.25, -0.2) is 9.37 Å². The Kier molecular flexibility index (Phi) is 3.36. The summed E-state index contributed by atoms with van der Waals surface area (Å²) < 4.78 is 18.8. The molecule has 1 aromatic carbocycles. The maximum Gasteiger partial charge on any atom is 0.148 e. The van der Waals surface area contributed by atoms with Crippen LogP contribution >= 0.6 is 0 Å². The van der Waals surface area contributed by atoms with Crippen molar-refractivity contribution < 1.29 is 9.13 Å². The van der Waals surface area contributed by atoms with Crippen molar-refractivity contribution in [1.82, 2.24) is 4.98 Å². The molecule has 2 aromatic rings. The quantitative estimate of drug-likeness (QED) is 0.905. The number of rotatable bonds is 3. The summed E-state index contributed by atoms with van der Waals surface area (Å²) >= 11 is 0. The molecule has 0 aliphatic carbocycles. The fourth-order valence-electron chi connectivity index (χ4n) is 2.27. The van der Waals surface area contributed by atoms with Crippen LogP contribution in [0.4, 0.5) is 10.1 Å². The number of hydrogen-bond donors (Lipinski definition) is 1. The predicted octanol–water partition coefficient (Wildman–Crippen LogP) is 3.30. The molecule has 1 heterocycles. The Bertz CT molecular complexity index is 596. The van der Waals surface area contributed by atoms with Crippen LogP contribution in [0.25, 0.3) is 10.9 Å². The van der Waals surface area contributed by atoms with Crippen LogP contribution in [0, 0.1) is 12.7 Å². The number of aryl methyl sites for hydroxylation is 1. The van der Waals surface area contributed by atoms with Gasteiger partial charge in [0.25, 0.3) is 0 Å². The predicted molar refractivity (Wildman–Crippen MR) is 71.9 cm³/mol. The molecule has 0 radical (unpaired) electrons. The zero-order valence-corrected chi connectivity index (χ0v) is 11.1. The van der Waals surface area contributed by atoms with Gasteiger partial charge in [0.2, 0.25) is 0 Å². The molecule has 0 aliphatic rings. The first-order valence-electron chi connectivity index (χ1n) is 5.96. The summed E-state index contributed by atoms with van der Waals surface area (Å²) in [7, 11) is 3.36. The molecule has 0 bridgehead atoms. The molecule has 2 rings (SSSR count). The average molecular weight is 248 g/mol. The van der Waals surface area contributed by atoms with Gasteiger partial charge in [0.15, 0.2) is 0 Å². The van der Waals surface area contributed by atoms with Crippen molar-refractivity contribution in [3.05, 3.63) is 29.2 Å². The van der Waals surface area contributed by atoms with E-state index in [-0.39, 0.29) is 5.82 Å². The van der Waals surface area contributed by atoms with Crippen LogP contribution < -0.4 is 10.1 Å². The molecule has 0 atom stereocenters. The van der Waals surface area contributed by atoms with Gasteiger partial charge < -0.3 is 10.1 Å². The summed E-state index contributed by atoms with van der Waals surface area (Å²) in [5.41, 5.74) is 3.66. The molecule has 0 saturated heterocycles. The van der Waals surface area contributed by atoms with Crippen molar-refractivity contribution in [2.45, 2.75) is 20.3 Å². The number of pyridine rings is 1. The highest BCUT2D eigenvalue weighted by atomic mass is 19.1. The van der Waals surface area contributed by atoms with E-state index < -0.39 is 0 Å². The Morgan fingerprint density at radius 1 is 1.39 bits per heavy atom. The number of benzene rings is 1. The summed E-state index contributed by atoms with van der Waals surface area (Å²) in [5, 5.41) is 3.88. The third kappa shape index (κ3) is 1.88. The van der Waals surface area contributed by atoms with Crippen LogP contribution in [0.3, 0.4) is 0 Å². The summed E-state index contributed by atoms with van der Waals surface area (Å²) in [6.07, 6.45) is 0.830. The van der Waals surface area contributed by atoms with Crippen LogP contribution in [0.1, 0.15) is 18.2 Å². The molecule has 4 heteroatoms. The molecular formula is C14H17FN2O. The highest BCUT2D eigenvalue weighted by Crippen LogP contribution is 2.33. The maximum absolute atomic E-state index is 13.6. The summed E-state index contributed by atoms with van der Waals surface area (Å²) in [6, 6.07) is 2.85. The van der Waals surface area contributed by atoms with Gasteiger partial charge in [-0.3, -0.25) is 0 Å². The first-order chi connectivity index (χ1) is 8.62. The molecule has 96 valence electrons. The van der Waals surface area contributed by atoms with Gasteiger partial charge in [-0.15, -0.1) is 0 Å². The molecule has 0 amide bonds. The number of anilines is 1. The number of hydrogen-bond acceptors (Lipinski definition) is 3. The maximum atomic E-state index is 13.6. The SMILES string of the molecule is CCc1nc2c(OC)cc(F)cc2c(NC)c1C. The van der Waals surface area contributed by atoms with Gasteiger partial charge in [-0.1, -0.05) is 6.92 Å². The van der Waals surface area contributed by atoms with Crippen molar-refractivity contribution in [3.8, 4) is 5.75 Å². The lowest BCUT2D eigenvalue weighted by molar-refractivity contribution is 0.415. The molecule has 1 N–H and O–H groups in total. The van der Waals surface area contributed by atoms with E-state index in [2.05, 4.69) is 17.2 Å². The van der Waals surface area contributed by atoms with Crippen LogP contribution in [-0.2, 0) is 6.42 Å². The molecule has 1 aromatic heterocycles. The third-order valence-corrected chi connectivity index (χ3v) is 3.17. The molecule has 0 unspecified atom stereocenters. The number of halogens is 1. The number of aromatic nitrogens is 1. The largest absolute Gasteiger partial charge is 0.494 e.